The number of hydrogen-bond acceptors (Lipinski definition) is 3. The first kappa shape index (κ1) is 14.6. The first-order valence-electron chi connectivity index (χ1n) is 6.43. The van der Waals surface area contributed by atoms with Gasteiger partial charge >= 0.3 is 5.97 Å². The molecule has 0 aliphatic rings. The zero-order valence-electron chi connectivity index (χ0n) is 11.3. The molecule has 0 aliphatic carbocycles. The molecule has 1 atom stereocenters. The predicted molar refractivity (Wildman–Crippen MR) is 71.6 cm³/mol. The van der Waals surface area contributed by atoms with Gasteiger partial charge in [-0.15, -0.1) is 0 Å². The van der Waals surface area contributed by atoms with Gasteiger partial charge in [-0.1, -0.05) is 32.9 Å². The Labute approximate surface area is 109 Å². The van der Waals surface area contributed by atoms with Crippen LogP contribution in [0.3, 0.4) is 0 Å². The van der Waals surface area contributed by atoms with Crippen LogP contribution in [0.25, 0.3) is 0 Å². The third-order valence-electron chi connectivity index (χ3n) is 2.82. The highest BCUT2D eigenvalue weighted by molar-refractivity contribution is 5.69. The number of carbonyl (C=O) groups excluding carboxylic acids is 1. The third-order valence-corrected chi connectivity index (χ3v) is 2.82. The lowest BCUT2D eigenvalue weighted by Gasteiger charge is -2.12. The first-order valence-corrected chi connectivity index (χ1v) is 6.43. The molecule has 0 bridgehead atoms. The van der Waals surface area contributed by atoms with Crippen LogP contribution in [0.2, 0.25) is 0 Å². The van der Waals surface area contributed by atoms with Crippen LogP contribution >= 0.6 is 0 Å². The molecule has 0 saturated heterocycles. The monoisotopic (exact) mass is 250 g/mol. The zero-order chi connectivity index (χ0) is 13.5. The van der Waals surface area contributed by atoms with E-state index in [0.717, 1.165) is 12.0 Å². The van der Waals surface area contributed by atoms with Gasteiger partial charge in [0, 0.05) is 6.42 Å². The minimum Gasteiger partial charge on any atom is -0.508 e. The van der Waals surface area contributed by atoms with Gasteiger partial charge in [0.25, 0.3) is 0 Å². The summed E-state index contributed by atoms with van der Waals surface area (Å²) in [6.07, 6.45) is 1.20. The molecule has 3 heteroatoms. The van der Waals surface area contributed by atoms with Crippen molar-refractivity contribution in [1.82, 2.24) is 0 Å². The predicted octanol–water partition coefficient (Wildman–Crippen LogP) is 3.48. The van der Waals surface area contributed by atoms with Crippen LogP contribution in [-0.2, 0) is 9.53 Å². The van der Waals surface area contributed by atoms with Gasteiger partial charge in [0.1, 0.15) is 5.75 Å². The van der Waals surface area contributed by atoms with Gasteiger partial charge in [-0.25, -0.2) is 0 Å². The molecule has 18 heavy (non-hydrogen) atoms. The van der Waals surface area contributed by atoms with Gasteiger partial charge < -0.3 is 9.84 Å². The number of ether oxygens (including phenoxy) is 1. The van der Waals surface area contributed by atoms with Crippen LogP contribution in [0.1, 0.15) is 45.1 Å². The Hall–Kier alpha value is -1.51. The fourth-order valence-corrected chi connectivity index (χ4v) is 1.64. The normalized spacial score (nSPS) is 12.4. The maximum absolute atomic E-state index is 11.5. The van der Waals surface area contributed by atoms with Crippen molar-refractivity contribution in [1.29, 1.82) is 0 Å². The highest BCUT2D eigenvalue weighted by Crippen LogP contribution is 2.22. The second-order valence-electron chi connectivity index (χ2n) is 5.11. The number of benzene rings is 1. The molecule has 0 amide bonds. The largest absolute Gasteiger partial charge is 0.508 e. The van der Waals surface area contributed by atoms with E-state index in [-0.39, 0.29) is 17.6 Å². The van der Waals surface area contributed by atoms with Crippen LogP contribution in [-0.4, -0.2) is 17.7 Å². The quantitative estimate of drug-likeness (QED) is 0.786. The number of aromatic hydroxyl groups is 1. The number of esters is 1. The maximum atomic E-state index is 11.5. The summed E-state index contributed by atoms with van der Waals surface area (Å²) in [5.41, 5.74) is 1.13. The third kappa shape index (κ3) is 5.21. The minimum absolute atomic E-state index is 0.130. The van der Waals surface area contributed by atoms with E-state index < -0.39 is 0 Å². The van der Waals surface area contributed by atoms with Gasteiger partial charge in [0.2, 0.25) is 0 Å². The molecule has 1 aromatic carbocycles. The molecule has 0 saturated carbocycles. The standard InChI is InChI=1S/C15H22O3/c1-11(2)10-18-15(17)9-4-12(3)13-5-7-14(16)8-6-13/h5-8,11-12,16H,4,9-10H2,1-3H3. The molecule has 3 nitrogen and oxygen atoms in total. The molecule has 1 aromatic rings. The van der Waals surface area contributed by atoms with Gasteiger partial charge in [0.15, 0.2) is 0 Å². The van der Waals surface area contributed by atoms with Crippen molar-refractivity contribution in [3.63, 3.8) is 0 Å². The van der Waals surface area contributed by atoms with Crippen LogP contribution < -0.4 is 0 Å². The van der Waals surface area contributed by atoms with Crippen LogP contribution in [0.4, 0.5) is 0 Å². The summed E-state index contributed by atoms with van der Waals surface area (Å²) >= 11 is 0. The summed E-state index contributed by atoms with van der Waals surface area (Å²) in [4.78, 5) is 11.5. The van der Waals surface area contributed by atoms with Crippen molar-refractivity contribution < 1.29 is 14.6 Å². The van der Waals surface area contributed by atoms with Crippen molar-refractivity contribution in [2.75, 3.05) is 6.61 Å². The van der Waals surface area contributed by atoms with E-state index in [4.69, 9.17) is 4.74 Å². The van der Waals surface area contributed by atoms with E-state index in [9.17, 15) is 9.90 Å². The number of rotatable bonds is 6. The lowest BCUT2D eigenvalue weighted by Crippen LogP contribution is -2.10. The molecule has 1 N–H and O–H groups in total. The van der Waals surface area contributed by atoms with E-state index in [1.165, 1.54) is 0 Å². The second kappa shape index (κ2) is 7.04. The Bertz CT molecular complexity index is 368. The molecule has 0 heterocycles. The molecule has 1 unspecified atom stereocenters. The molecule has 0 aromatic heterocycles. The number of hydrogen-bond donors (Lipinski definition) is 1. The van der Waals surface area contributed by atoms with E-state index >= 15 is 0 Å². The molecular formula is C15H22O3. The second-order valence-corrected chi connectivity index (χ2v) is 5.11. The zero-order valence-corrected chi connectivity index (χ0v) is 11.3. The molecule has 0 radical (unpaired) electrons. The summed E-state index contributed by atoms with van der Waals surface area (Å²) in [5.74, 6) is 0.803. The van der Waals surface area contributed by atoms with Crippen molar-refractivity contribution in [2.24, 2.45) is 5.92 Å². The fourth-order valence-electron chi connectivity index (χ4n) is 1.64. The topological polar surface area (TPSA) is 46.5 Å². The van der Waals surface area contributed by atoms with Crippen molar-refractivity contribution in [3.8, 4) is 5.75 Å². The average molecular weight is 250 g/mol. The van der Waals surface area contributed by atoms with Crippen molar-refractivity contribution in [2.45, 2.75) is 39.5 Å². The minimum atomic E-state index is -0.130. The molecule has 100 valence electrons. The summed E-state index contributed by atoms with van der Waals surface area (Å²) in [6, 6.07) is 7.12. The van der Waals surface area contributed by atoms with Gasteiger partial charge in [-0.05, 0) is 36.0 Å². The molecule has 0 spiro atoms. The SMILES string of the molecule is CC(C)COC(=O)CCC(C)c1ccc(O)cc1. The van der Waals surface area contributed by atoms with Crippen LogP contribution in [0.15, 0.2) is 24.3 Å². The Balaban J connectivity index is 2.34. The fraction of sp³-hybridized carbons (Fsp3) is 0.533. The van der Waals surface area contributed by atoms with Crippen LogP contribution in [0, 0.1) is 5.92 Å². The Kier molecular flexibility index (Phi) is 5.69. The van der Waals surface area contributed by atoms with E-state index in [0.29, 0.717) is 18.9 Å². The summed E-state index contributed by atoms with van der Waals surface area (Å²) in [5, 5.41) is 9.20. The maximum Gasteiger partial charge on any atom is 0.305 e. The Morgan fingerprint density at radius 2 is 1.83 bits per heavy atom. The number of carbonyl (C=O) groups is 1. The smallest absolute Gasteiger partial charge is 0.305 e. The van der Waals surface area contributed by atoms with Gasteiger partial charge in [-0.2, -0.15) is 0 Å². The van der Waals surface area contributed by atoms with E-state index in [1.54, 1.807) is 12.1 Å². The Morgan fingerprint density at radius 1 is 1.22 bits per heavy atom. The lowest BCUT2D eigenvalue weighted by atomic mass is 9.96. The first-order chi connectivity index (χ1) is 8.49. The lowest BCUT2D eigenvalue weighted by molar-refractivity contribution is -0.144. The molecule has 0 aliphatic heterocycles. The Morgan fingerprint density at radius 3 is 2.39 bits per heavy atom. The molecule has 1 rings (SSSR count). The highest BCUT2D eigenvalue weighted by Gasteiger charge is 2.10. The molecule has 0 fully saturated rings. The number of phenolic OH excluding ortho intramolecular Hbond substituents is 1. The summed E-state index contributed by atoms with van der Waals surface area (Å²) < 4.78 is 5.13. The number of phenols is 1. The summed E-state index contributed by atoms with van der Waals surface area (Å²) in [6.45, 7) is 6.60. The van der Waals surface area contributed by atoms with Gasteiger partial charge in [0.05, 0.1) is 6.61 Å². The van der Waals surface area contributed by atoms with E-state index in [1.807, 2.05) is 26.0 Å². The van der Waals surface area contributed by atoms with Gasteiger partial charge in [-0.3, -0.25) is 4.79 Å². The van der Waals surface area contributed by atoms with Crippen LogP contribution in [0.5, 0.6) is 5.75 Å². The average Bonchev–Trinajstić information content (AvgIpc) is 2.34. The van der Waals surface area contributed by atoms with E-state index in [2.05, 4.69) is 6.92 Å². The summed E-state index contributed by atoms with van der Waals surface area (Å²) in [7, 11) is 0. The molecular weight excluding hydrogens is 228 g/mol. The van der Waals surface area contributed by atoms with Crippen molar-refractivity contribution in [3.05, 3.63) is 29.8 Å². The van der Waals surface area contributed by atoms with Crippen molar-refractivity contribution >= 4 is 5.97 Å². The highest BCUT2D eigenvalue weighted by atomic mass is 16.5.